The summed E-state index contributed by atoms with van der Waals surface area (Å²) in [5.41, 5.74) is 3.90. The highest BCUT2D eigenvalue weighted by molar-refractivity contribution is 5.92. The fourth-order valence-corrected chi connectivity index (χ4v) is 4.73. The molecule has 0 radical (unpaired) electrons. The van der Waals surface area contributed by atoms with Gasteiger partial charge < -0.3 is 14.5 Å². The van der Waals surface area contributed by atoms with Gasteiger partial charge in [-0.1, -0.05) is 6.92 Å². The minimum absolute atomic E-state index is 0.206. The molecule has 0 spiro atoms. The summed E-state index contributed by atoms with van der Waals surface area (Å²) < 4.78 is 5.53. The van der Waals surface area contributed by atoms with E-state index >= 15 is 0 Å². The Morgan fingerprint density at radius 3 is 2.44 bits per heavy atom. The Labute approximate surface area is 191 Å². The van der Waals surface area contributed by atoms with Crippen LogP contribution in [-0.4, -0.2) is 77.2 Å². The van der Waals surface area contributed by atoms with Gasteiger partial charge in [0.2, 0.25) is 0 Å². The Bertz CT molecular complexity index is 816. The first kappa shape index (κ1) is 24.3. The molecule has 32 heavy (non-hydrogen) atoms. The van der Waals surface area contributed by atoms with Crippen LogP contribution in [-0.2, 0) is 4.74 Å². The van der Waals surface area contributed by atoms with Crippen LogP contribution in [0.1, 0.15) is 63.1 Å². The van der Waals surface area contributed by atoms with Gasteiger partial charge >= 0.3 is 6.09 Å². The van der Waals surface area contributed by atoms with E-state index in [1.165, 1.54) is 0 Å². The molecule has 1 aromatic heterocycles. The number of nitrogen functional groups attached to an aromatic ring is 1. The van der Waals surface area contributed by atoms with Gasteiger partial charge in [0.1, 0.15) is 11.3 Å². The zero-order valence-electron chi connectivity index (χ0n) is 20.1. The number of aryl methyl sites for hydroxylation is 1. The van der Waals surface area contributed by atoms with Crippen molar-refractivity contribution < 1.29 is 14.3 Å². The summed E-state index contributed by atoms with van der Waals surface area (Å²) in [4.78, 5) is 35.4. The van der Waals surface area contributed by atoms with E-state index in [9.17, 15) is 9.59 Å². The van der Waals surface area contributed by atoms with Crippen molar-refractivity contribution in [2.45, 2.75) is 71.6 Å². The second-order valence-corrected chi connectivity index (χ2v) is 9.72. The molecule has 0 saturated carbocycles. The Hall–Kier alpha value is -2.39. The van der Waals surface area contributed by atoms with Gasteiger partial charge in [-0.15, -0.1) is 0 Å². The number of hydrogen-bond acceptors (Lipinski definition) is 7. The standard InChI is InChI=1S/C23H38N6O3/c1-6-17-15-28(20-8-7-19(21(30)26-24)25-16(20)2)13-14-29(17)18-9-11-27(12-10-18)22(31)32-23(3,4)5/h7-8,17-18H,6,9-15,24H2,1-5H3,(H,26,30)/t17-/m0/s1. The number of nitrogens with zero attached hydrogens (tertiary/aromatic N) is 4. The lowest BCUT2D eigenvalue weighted by Crippen LogP contribution is -2.59. The predicted octanol–water partition coefficient (Wildman–Crippen LogP) is 2.29. The largest absolute Gasteiger partial charge is 0.444 e. The molecular weight excluding hydrogens is 408 g/mol. The molecule has 3 N–H and O–H groups in total. The van der Waals surface area contributed by atoms with Gasteiger partial charge in [0.15, 0.2) is 0 Å². The average Bonchev–Trinajstić information content (AvgIpc) is 2.77. The summed E-state index contributed by atoms with van der Waals surface area (Å²) in [6.45, 7) is 14.2. The summed E-state index contributed by atoms with van der Waals surface area (Å²) in [5, 5.41) is 0. The number of pyridine rings is 1. The van der Waals surface area contributed by atoms with E-state index in [0.29, 0.717) is 17.8 Å². The van der Waals surface area contributed by atoms with Crippen LogP contribution in [0.5, 0.6) is 0 Å². The van der Waals surface area contributed by atoms with Crippen LogP contribution in [0.3, 0.4) is 0 Å². The molecule has 0 unspecified atom stereocenters. The highest BCUT2D eigenvalue weighted by Crippen LogP contribution is 2.28. The molecule has 9 nitrogen and oxygen atoms in total. The highest BCUT2D eigenvalue weighted by atomic mass is 16.6. The van der Waals surface area contributed by atoms with Gasteiger partial charge in [0.05, 0.1) is 11.4 Å². The molecule has 2 aliphatic rings. The Kier molecular flexibility index (Phi) is 7.61. The van der Waals surface area contributed by atoms with E-state index in [-0.39, 0.29) is 12.0 Å². The summed E-state index contributed by atoms with van der Waals surface area (Å²) in [6, 6.07) is 4.61. The maximum Gasteiger partial charge on any atom is 0.410 e. The molecule has 0 aliphatic carbocycles. The van der Waals surface area contributed by atoms with Crippen LogP contribution in [0.2, 0.25) is 0 Å². The van der Waals surface area contributed by atoms with Crippen LogP contribution in [0, 0.1) is 6.92 Å². The molecule has 178 valence electrons. The number of aromatic nitrogens is 1. The first-order chi connectivity index (χ1) is 15.1. The maximum atomic E-state index is 12.4. The number of piperidine rings is 1. The van der Waals surface area contributed by atoms with Crippen molar-refractivity contribution in [3.8, 4) is 0 Å². The number of nitrogens with one attached hydrogen (secondary N) is 1. The number of anilines is 1. The van der Waals surface area contributed by atoms with E-state index in [1.807, 2.05) is 38.7 Å². The summed E-state index contributed by atoms with van der Waals surface area (Å²) in [6.07, 6.45) is 2.80. The quantitative estimate of drug-likeness (QED) is 0.415. The third-order valence-electron chi connectivity index (χ3n) is 6.35. The first-order valence-electron chi connectivity index (χ1n) is 11.6. The second kappa shape index (κ2) is 10.0. The normalized spacial score (nSPS) is 20.9. The smallest absolute Gasteiger partial charge is 0.410 e. The second-order valence-electron chi connectivity index (χ2n) is 9.72. The van der Waals surface area contributed by atoms with Crippen LogP contribution in [0.25, 0.3) is 0 Å². The fourth-order valence-electron chi connectivity index (χ4n) is 4.73. The number of amides is 2. The number of carbonyl (C=O) groups excluding carboxylic acids is 2. The molecule has 1 aromatic rings. The number of likely N-dealkylation sites (tertiary alicyclic amines) is 1. The highest BCUT2D eigenvalue weighted by Gasteiger charge is 2.35. The number of carbonyl (C=O) groups is 2. The van der Waals surface area contributed by atoms with Crippen LogP contribution >= 0.6 is 0 Å². The SMILES string of the molecule is CC[C@H]1CN(c2ccc(C(=O)NN)nc2C)CCN1C1CCN(C(=O)OC(C)(C)C)CC1. The molecule has 0 aromatic carbocycles. The van der Waals surface area contributed by atoms with E-state index in [1.54, 1.807) is 6.07 Å². The fraction of sp³-hybridized carbons (Fsp3) is 0.696. The van der Waals surface area contributed by atoms with Gasteiger partial charge in [0.25, 0.3) is 5.91 Å². The summed E-state index contributed by atoms with van der Waals surface area (Å²) in [5.74, 6) is 4.84. The third-order valence-corrected chi connectivity index (χ3v) is 6.35. The van der Waals surface area contributed by atoms with Crippen molar-refractivity contribution in [2.24, 2.45) is 5.84 Å². The summed E-state index contributed by atoms with van der Waals surface area (Å²) in [7, 11) is 0. The number of piperazine rings is 1. The van der Waals surface area contributed by atoms with E-state index < -0.39 is 5.60 Å². The molecule has 2 saturated heterocycles. The number of rotatable bonds is 4. The Morgan fingerprint density at radius 2 is 1.88 bits per heavy atom. The molecule has 3 heterocycles. The van der Waals surface area contributed by atoms with Crippen molar-refractivity contribution in [1.29, 1.82) is 0 Å². The number of nitrogens with two attached hydrogens (primary N) is 1. The minimum Gasteiger partial charge on any atom is -0.444 e. The third kappa shape index (κ3) is 5.69. The van der Waals surface area contributed by atoms with Crippen molar-refractivity contribution in [2.75, 3.05) is 37.6 Å². The lowest BCUT2D eigenvalue weighted by Gasteiger charge is -2.48. The molecule has 9 heteroatoms. The molecule has 1 atom stereocenters. The lowest BCUT2D eigenvalue weighted by molar-refractivity contribution is 0.00946. The zero-order chi connectivity index (χ0) is 23.5. The monoisotopic (exact) mass is 446 g/mol. The molecule has 2 aliphatic heterocycles. The molecule has 0 bridgehead atoms. The van der Waals surface area contributed by atoms with E-state index in [0.717, 1.165) is 63.4 Å². The number of ether oxygens (including phenoxy) is 1. The topological polar surface area (TPSA) is 104 Å². The van der Waals surface area contributed by atoms with Crippen LogP contribution < -0.4 is 16.2 Å². The maximum absolute atomic E-state index is 12.4. The van der Waals surface area contributed by atoms with Gasteiger partial charge in [-0.3, -0.25) is 15.1 Å². The average molecular weight is 447 g/mol. The zero-order valence-corrected chi connectivity index (χ0v) is 20.1. The van der Waals surface area contributed by atoms with Crippen molar-refractivity contribution in [1.82, 2.24) is 20.2 Å². The van der Waals surface area contributed by atoms with E-state index in [4.69, 9.17) is 10.6 Å². The van der Waals surface area contributed by atoms with Crippen molar-refractivity contribution in [3.05, 3.63) is 23.5 Å². The predicted molar refractivity (Wildman–Crippen MR) is 124 cm³/mol. The van der Waals surface area contributed by atoms with E-state index in [2.05, 4.69) is 27.1 Å². The molecule has 2 amide bonds. The van der Waals surface area contributed by atoms with Crippen molar-refractivity contribution >= 4 is 17.7 Å². The number of hydrogen-bond donors (Lipinski definition) is 2. The molecular formula is C23H38N6O3. The van der Waals surface area contributed by atoms with Gasteiger partial charge in [0, 0.05) is 44.8 Å². The Morgan fingerprint density at radius 1 is 1.19 bits per heavy atom. The van der Waals surface area contributed by atoms with Gasteiger partial charge in [-0.05, 0) is 59.1 Å². The first-order valence-corrected chi connectivity index (χ1v) is 11.6. The summed E-state index contributed by atoms with van der Waals surface area (Å²) >= 11 is 0. The molecule has 2 fully saturated rings. The van der Waals surface area contributed by atoms with Crippen LogP contribution in [0.4, 0.5) is 10.5 Å². The minimum atomic E-state index is -0.461. The van der Waals surface area contributed by atoms with Gasteiger partial charge in [-0.2, -0.15) is 0 Å². The van der Waals surface area contributed by atoms with Crippen molar-refractivity contribution in [3.63, 3.8) is 0 Å². The lowest BCUT2D eigenvalue weighted by atomic mass is 9.98. The van der Waals surface area contributed by atoms with Gasteiger partial charge in [-0.25, -0.2) is 15.6 Å². The Balaban J connectivity index is 1.60. The number of hydrazine groups is 1. The molecule has 3 rings (SSSR count). The van der Waals surface area contributed by atoms with Crippen LogP contribution in [0.15, 0.2) is 12.1 Å².